The minimum absolute atomic E-state index is 0.0108. The fourth-order valence-corrected chi connectivity index (χ4v) is 3.34. The van der Waals surface area contributed by atoms with Crippen LogP contribution < -0.4 is 0 Å². The molecule has 2 aromatic heterocycles. The number of nitrogens with zero attached hydrogens (tertiary/aromatic N) is 4. The van der Waals surface area contributed by atoms with Crippen molar-refractivity contribution >= 4 is 5.91 Å². The van der Waals surface area contributed by atoms with E-state index in [1.165, 1.54) is 0 Å². The largest absolute Gasteiger partial charge is 0.347 e. The van der Waals surface area contributed by atoms with E-state index in [0.29, 0.717) is 24.0 Å². The number of piperidine rings is 1. The first-order valence-corrected chi connectivity index (χ1v) is 8.55. The highest BCUT2D eigenvalue weighted by Gasteiger charge is 2.33. The molecule has 0 spiro atoms. The zero-order valence-corrected chi connectivity index (χ0v) is 14.1. The maximum Gasteiger partial charge on any atom is 0.271 e. The molecule has 0 bridgehead atoms. The summed E-state index contributed by atoms with van der Waals surface area (Å²) < 4.78 is 7.37. The third-order valence-electron chi connectivity index (χ3n) is 4.69. The number of hydrogen-bond acceptors (Lipinski definition) is 4. The summed E-state index contributed by atoms with van der Waals surface area (Å²) >= 11 is 0. The Morgan fingerprint density at radius 3 is 2.76 bits per heavy atom. The zero-order valence-electron chi connectivity index (χ0n) is 14.1. The Bertz CT molecular complexity index is 868. The van der Waals surface area contributed by atoms with Crippen LogP contribution >= 0.6 is 0 Å². The molecule has 0 saturated carbocycles. The van der Waals surface area contributed by atoms with Crippen LogP contribution in [0.1, 0.15) is 41.7 Å². The van der Waals surface area contributed by atoms with Gasteiger partial charge < -0.3 is 14.0 Å². The van der Waals surface area contributed by atoms with Gasteiger partial charge in [0.2, 0.25) is 11.7 Å². The Balaban J connectivity index is 1.63. The van der Waals surface area contributed by atoms with Crippen LogP contribution in [0.15, 0.2) is 53.2 Å². The second-order valence-corrected chi connectivity index (χ2v) is 6.34. The standard InChI is InChI=1S/C19H20N4O2/c1-22-12-7-11-16(22)19(24)23-13-6-5-10-15(23)18-20-17(21-25-18)14-8-3-2-4-9-14/h2-4,7-9,11-12,15H,5-6,10,13H2,1H3/t15-/m1/s1. The normalized spacial score (nSPS) is 17.6. The molecule has 0 N–H and O–H groups in total. The van der Waals surface area contributed by atoms with Crippen LogP contribution in [0.25, 0.3) is 11.4 Å². The van der Waals surface area contributed by atoms with Crippen molar-refractivity contribution in [1.82, 2.24) is 19.6 Å². The van der Waals surface area contributed by atoms with Gasteiger partial charge in [0.1, 0.15) is 11.7 Å². The fraction of sp³-hybridized carbons (Fsp3) is 0.316. The van der Waals surface area contributed by atoms with E-state index >= 15 is 0 Å². The molecule has 6 nitrogen and oxygen atoms in total. The fourth-order valence-electron chi connectivity index (χ4n) is 3.34. The van der Waals surface area contributed by atoms with E-state index in [0.717, 1.165) is 24.8 Å². The molecular weight excluding hydrogens is 316 g/mol. The monoisotopic (exact) mass is 336 g/mol. The van der Waals surface area contributed by atoms with Crippen molar-refractivity contribution in [3.63, 3.8) is 0 Å². The predicted octanol–water partition coefficient (Wildman–Crippen LogP) is 3.44. The van der Waals surface area contributed by atoms with Crippen LogP contribution in [0, 0.1) is 0 Å². The van der Waals surface area contributed by atoms with E-state index < -0.39 is 0 Å². The molecule has 1 aliphatic rings. The highest BCUT2D eigenvalue weighted by Crippen LogP contribution is 2.32. The number of aromatic nitrogens is 3. The first kappa shape index (κ1) is 15.6. The van der Waals surface area contributed by atoms with E-state index in [1.807, 2.05) is 65.2 Å². The molecule has 1 atom stereocenters. The van der Waals surface area contributed by atoms with Crippen LogP contribution in [-0.2, 0) is 7.05 Å². The van der Waals surface area contributed by atoms with Crippen molar-refractivity contribution in [3.8, 4) is 11.4 Å². The van der Waals surface area contributed by atoms with Gasteiger partial charge in [-0.2, -0.15) is 4.98 Å². The molecule has 1 aliphatic heterocycles. The third-order valence-corrected chi connectivity index (χ3v) is 4.69. The molecule has 0 radical (unpaired) electrons. The molecule has 3 heterocycles. The van der Waals surface area contributed by atoms with Crippen molar-refractivity contribution in [2.24, 2.45) is 7.05 Å². The van der Waals surface area contributed by atoms with Gasteiger partial charge in [-0.3, -0.25) is 4.79 Å². The minimum Gasteiger partial charge on any atom is -0.347 e. The van der Waals surface area contributed by atoms with Crippen LogP contribution in [0.5, 0.6) is 0 Å². The lowest BCUT2D eigenvalue weighted by molar-refractivity contribution is 0.0551. The Morgan fingerprint density at radius 2 is 2.00 bits per heavy atom. The predicted molar refractivity (Wildman–Crippen MR) is 92.8 cm³/mol. The molecule has 6 heteroatoms. The van der Waals surface area contributed by atoms with E-state index in [-0.39, 0.29) is 11.9 Å². The number of rotatable bonds is 3. The van der Waals surface area contributed by atoms with E-state index in [9.17, 15) is 4.79 Å². The number of aryl methyl sites for hydroxylation is 1. The first-order chi connectivity index (χ1) is 12.2. The summed E-state index contributed by atoms with van der Waals surface area (Å²) in [6.45, 7) is 0.706. The summed E-state index contributed by atoms with van der Waals surface area (Å²) in [7, 11) is 1.88. The van der Waals surface area contributed by atoms with Gasteiger partial charge in [0.15, 0.2) is 0 Å². The summed E-state index contributed by atoms with van der Waals surface area (Å²) in [5, 5.41) is 4.11. The molecule has 4 rings (SSSR count). The number of benzene rings is 1. The number of hydrogen-bond donors (Lipinski definition) is 0. The molecule has 0 aliphatic carbocycles. The molecule has 25 heavy (non-hydrogen) atoms. The lowest BCUT2D eigenvalue weighted by atomic mass is 10.0. The van der Waals surface area contributed by atoms with Gasteiger partial charge >= 0.3 is 0 Å². The number of carbonyl (C=O) groups excluding carboxylic acids is 1. The van der Waals surface area contributed by atoms with Crippen molar-refractivity contribution in [3.05, 3.63) is 60.2 Å². The van der Waals surface area contributed by atoms with Crippen molar-refractivity contribution in [2.45, 2.75) is 25.3 Å². The van der Waals surface area contributed by atoms with Crippen LogP contribution in [0.2, 0.25) is 0 Å². The Hall–Kier alpha value is -2.89. The number of likely N-dealkylation sites (tertiary alicyclic amines) is 1. The summed E-state index contributed by atoms with van der Waals surface area (Å²) in [4.78, 5) is 19.4. The smallest absolute Gasteiger partial charge is 0.271 e. The average molecular weight is 336 g/mol. The Labute approximate surface area is 146 Å². The second-order valence-electron chi connectivity index (χ2n) is 6.34. The molecule has 0 unspecified atom stereocenters. The summed E-state index contributed by atoms with van der Waals surface area (Å²) in [6.07, 6.45) is 4.76. The maximum absolute atomic E-state index is 13.0. The van der Waals surface area contributed by atoms with Crippen molar-refractivity contribution < 1.29 is 9.32 Å². The molecule has 1 fully saturated rings. The van der Waals surface area contributed by atoms with Crippen LogP contribution in [-0.4, -0.2) is 32.1 Å². The topological polar surface area (TPSA) is 64.2 Å². The highest BCUT2D eigenvalue weighted by atomic mass is 16.5. The second kappa shape index (κ2) is 6.55. The summed E-state index contributed by atoms with van der Waals surface area (Å²) in [5.74, 6) is 1.09. The SMILES string of the molecule is Cn1cccc1C(=O)N1CCCC[C@@H]1c1nc(-c2ccccc2)no1. The highest BCUT2D eigenvalue weighted by molar-refractivity contribution is 5.93. The average Bonchev–Trinajstić information content (AvgIpc) is 3.31. The summed E-state index contributed by atoms with van der Waals surface area (Å²) in [5.41, 5.74) is 1.59. The number of amides is 1. The van der Waals surface area contributed by atoms with Gasteiger partial charge in [-0.25, -0.2) is 0 Å². The Kier molecular flexibility index (Phi) is 4.09. The van der Waals surface area contributed by atoms with Crippen LogP contribution in [0.3, 0.4) is 0 Å². The van der Waals surface area contributed by atoms with Gasteiger partial charge in [0.25, 0.3) is 5.91 Å². The van der Waals surface area contributed by atoms with Gasteiger partial charge in [-0.1, -0.05) is 35.5 Å². The van der Waals surface area contributed by atoms with Gasteiger partial charge in [-0.15, -0.1) is 0 Å². The quantitative estimate of drug-likeness (QED) is 0.735. The van der Waals surface area contributed by atoms with Crippen LogP contribution in [0.4, 0.5) is 0 Å². The van der Waals surface area contributed by atoms with Crippen molar-refractivity contribution in [2.75, 3.05) is 6.54 Å². The molecule has 1 amide bonds. The molecule has 128 valence electrons. The van der Waals surface area contributed by atoms with Gasteiger partial charge in [0, 0.05) is 25.4 Å². The first-order valence-electron chi connectivity index (χ1n) is 8.55. The van der Waals surface area contributed by atoms with Gasteiger partial charge in [-0.05, 0) is 31.4 Å². The molecule has 3 aromatic rings. The van der Waals surface area contributed by atoms with Gasteiger partial charge in [0.05, 0.1) is 0 Å². The van der Waals surface area contributed by atoms with Crippen molar-refractivity contribution in [1.29, 1.82) is 0 Å². The lowest BCUT2D eigenvalue weighted by Gasteiger charge is -2.33. The van der Waals surface area contributed by atoms with E-state index in [4.69, 9.17) is 4.52 Å². The van der Waals surface area contributed by atoms with E-state index in [1.54, 1.807) is 0 Å². The van der Waals surface area contributed by atoms with E-state index in [2.05, 4.69) is 10.1 Å². The Morgan fingerprint density at radius 1 is 1.16 bits per heavy atom. The third kappa shape index (κ3) is 2.95. The number of carbonyl (C=O) groups is 1. The lowest BCUT2D eigenvalue weighted by Crippen LogP contribution is -2.39. The minimum atomic E-state index is -0.166. The maximum atomic E-state index is 13.0. The molecular formula is C19H20N4O2. The zero-order chi connectivity index (χ0) is 17.2. The summed E-state index contributed by atoms with van der Waals surface area (Å²) in [6, 6.07) is 13.3. The molecule has 1 aromatic carbocycles. The molecule has 1 saturated heterocycles.